The van der Waals surface area contributed by atoms with E-state index in [4.69, 9.17) is 4.74 Å². The van der Waals surface area contributed by atoms with Gasteiger partial charge in [-0.3, -0.25) is 4.79 Å². The molecule has 0 saturated heterocycles. The van der Waals surface area contributed by atoms with Crippen molar-refractivity contribution in [2.75, 3.05) is 38.6 Å². The highest BCUT2D eigenvalue weighted by molar-refractivity contribution is 6.00. The third-order valence-electron chi connectivity index (χ3n) is 4.15. The summed E-state index contributed by atoms with van der Waals surface area (Å²) in [7, 11) is 1.64. The van der Waals surface area contributed by atoms with E-state index < -0.39 is 0 Å². The Labute approximate surface area is 150 Å². The Kier molecular flexibility index (Phi) is 7.29. The van der Waals surface area contributed by atoms with Crippen LogP contribution in [-0.4, -0.2) is 44.1 Å². The van der Waals surface area contributed by atoms with Gasteiger partial charge in [-0.1, -0.05) is 26.0 Å². The van der Waals surface area contributed by atoms with E-state index >= 15 is 0 Å². The molecule has 0 spiro atoms. The normalized spacial score (nSPS) is 10.6. The summed E-state index contributed by atoms with van der Waals surface area (Å²) in [5.74, 6) is 0.733. The summed E-state index contributed by atoms with van der Waals surface area (Å²) in [5, 5.41) is 6.30. The van der Waals surface area contributed by atoms with Crippen LogP contribution in [0.3, 0.4) is 0 Å². The van der Waals surface area contributed by atoms with E-state index in [0.717, 1.165) is 36.8 Å². The Morgan fingerprint density at radius 1 is 1.04 bits per heavy atom. The van der Waals surface area contributed by atoms with E-state index in [-0.39, 0.29) is 5.91 Å². The highest BCUT2D eigenvalue weighted by atomic mass is 16.5. The van der Waals surface area contributed by atoms with Crippen molar-refractivity contribution in [2.24, 2.45) is 0 Å². The van der Waals surface area contributed by atoms with E-state index in [1.807, 2.05) is 48.5 Å². The second-order valence-electron chi connectivity index (χ2n) is 5.68. The number of anilines is 2. The number of para-hydroxylation sites is 1. The predicted octanol–water partition coefficient (Wildman–Crippen LogP) is 3.51. The second kappa shape index (κ2) is 9.69. The second-order valence-corrected chi connectivity index (χ2v) is 5.68. The van der Waals surface area contributed by atoms with Gasteiger partial charge in [-0.15, -0.1) is 0 Å². The number of ether oxygens (including phenoxy) is 1. The molecule has 5 heteroatoms. The molecule has 2 rings (SSSR count). The van der Waals surface area contributed by atoms with Crippen molar-refractivity contribution in [1.29, 1.82) is 0 Å². The molecule has 2 N–H and O–H groups in total. The molecule has 1 amide bonds. The summed E-state index contributed by atoms with van der Waals surface area (Å²) in [6, 6.07) is 15.1. The van der Waals surface area contributed by atoms with E-state index in [1.54, 1.807) is 7.11 Å². The highest BCUT2D eigenvalue weighted by Gasteiger charge is 2.11. The van der Waals surface area contributed by atoms with Crippen LogP contribution in [0.5, 0.6) is 5.75 Å². The number of rotatable bonds is 9. The standard InChI is InChI=1S/C20H27N3O2/c1-4-23(5-2)15-14-21-20(24)18-8-6-7-9-19(18)22-16-10-12-17(25-3)13-11-16/h6-13,22H,4-5,14-15H2,1-3H3,(H,21,24). The van der Waals surface area contributed by atoms with Crippen molar-refractivity contribution < 1.29 is 9.53 Å². The summed E-state index contributed by atoms with van der Waals surface area (Å²) in [5.41, 5.74) is 2.33. The van der Waals surface area contributed by atoms with Crippen LogP contribution >= 0.6 is 0 Å². The quantitative estimate of drug-likeness (QED) is 0.733. The number of hydrogen-bond acceptors (Lipinski definition) is 4. The number of nitrogens with zero attached hydrogens (tertiary/aromatic N) is 1. The Morgan fingerprint density at radius 3 is 2.36 bits per heavy atom. The SMILES string of the molecule is CCN(CC)CCNC(=O)c1ccccc1Nc1ccc(OC)cc1. The van der Waals surface area contributed by atoms with Crippen LogP contribution in [0, 0.1) is 0 Å². The lowest BCUT2D eigenvalue weighted by atomic mass is 10.1. The van der Waals surface area contributed by atoms with Crippen LogP contribution in [0.1, 0.15) is 24.2 Å². The molecule has 25 heavy (non-hydrogen) atoms. The van der Waals surface area contributed by atoms with Gasteiger partial charge in [0.1, 0.15) is 5.75 Å². The monoisotopic (exact) mass is 341 g/mol. The first-order valence-electron chi connectivity index (χ1n) is 8.68. The van der Waals surface area contributed by atoms with E-state index in [1.165, 1.54) is 0 Å². The fraction of sp³-hybridized carbons (Fsp3) is 0.350. The highest BCUT2D eigenvalue weighted by Crippen LogP contribution is 2.22. The molecule has 0 aromatic heterocycles. The van der Waals surface area contributed by atoms with Crippen LogP contribution < -0.4 is 15.4 Å². The summed E-state index contributed by atoms with van der Waals surface area (Å²) < 4.78 is 5.17. The molecular weight excluding hydrogens is 314 g/mol. The van der Waals surface area contributed by atoms with E-state index in [9.17, 15) is 4.79 Å². The average Bonchev–Trinajstić information content (AvgIpc) is 2.66. The lowest BCUT2D eigenvalue weighted by molar-refractivity contribution is 0.0950. The number of hydrogen-bond donors (Lipinski definition) is 2. The van der Waals surface area contributed by atoms with Crippen molar-refractivity contribution in [3.8, 4) is 5.75 Å². The largest absolute Gasteiger partial charge is 0.497 e. The number of nitrogens with one attached hydrogen (secondary N) is 2. The average molecular weight is 341 g/mol. The first-order chi connectivity index (χ1) is 12.2. The minimum atomic E-state index is -0.0660. The van der Waals surface area contributed by atoms with Gasteiger partial charge in [0.15, 0.2) is 0 Å². The minimum Gasteiger partial charge on any atom is -0.497 e. The van der Waals surface area contributed by atoms with Gasteiger partial charge >= 0.3 is 0 Å². The van der Waals surface area contributed by atoms with Crippen molar-refractivity contribution in [1.82, 2.24) is 10.2 Å². The molecule has 5 nitrogen and oxygen atoms in total. The molecule has 0 atom stereocenters. The van der Waals surface area contributed by atoms with Gasteiger partial charge in [0.2, 0.25) is 0 Å². The first kappa shape index (κ1) is 18.8. The summed E-state index contributed by atoms with van der Waals surface area (Å²) in [6.45, 7) is 7.72. The fourth-order valence-corrected chi connectivity index (χ4v) is 2.58. The maximum Gasteiger partial charge on any atom is 0.253 e. The molecule has 0 radical (unpaired) electrons. The number of amides is 1. The molecule has 2 aromatic rings. The molecule has 0 bridgehead atoms. The van der Waals surface area contributed by atoms with Crippen LogP contribution in [0.25, 0.3) is 0 Å². The molecule has 0 fully saturated rings. The van der Waals surface area contributed by atoms with Crippen LogP contribution in [0.15, 0.2) is 48.5 Å². The van der Waals surface area contributed by atoms with Crippen LogP contribution in [0.2, 0.25) is 0 Å². The van der Waals surface area contributed by atoms with Gasteiger partial charge in [0.25, 0.3) is 5.91 Å². The Balaban J connectivity index is 2.02. The van der Waals surface area contributed by atoms with Crippen LogP contribution in [0.4, 0.5) is 11.4 Å². The third-order valence-corrected chi connectivity index (χ3v) is 4.15. The van der Waals surface area contributed by atoms with Gasteiger partial charge in [-0.05, 0) is 49.5 Å². The maximum atomic E-state index is 12.5. The Hall–Kier alpha value is -2.53. The number of carbonyl (C=O) groups excluding carboxylic acids is 1. The molecule has 0 unspecified atom stereocenters. The summed E-state index contributed by atoms with van der Waals surface area (Å²) in [4.78, 5) is 14.8. The van der Waals surface area contributed by atoms with E-state index in [2.05, 4.69) is 29.4 Å². The van der Waals surface area contributed by atoms with Crippen molar-refractivity contribution in [2.45, 2.75) is 13.8 Å². The number of benzene rings is 2. The number of likely N-dealkylation sites (N-methyl/N-ethyl adjacent to an activating group) is 1. The number of carbonyl (C=O) groups is 1. The molecule has 0 aliphatic carbocycles. The van der Waals surface area contributed by atoms with E-state index in [0.29, 0.717) is 12.1 Å². The van der Waals surface area contributed by atoms with Crippen molar-refractivity contribution in [3.05, 3.63) is 54.1 Å². The van der Waals surface area contributed by atoms with Crippen molar-refractivity contribution >= 4 is 17.3 Å². The lowest BCUT2D eigenvalue weighted by Crippen LogP contribution is -2.35. The Morgan fingerprint density at radius 2 is 1.72 bits per heavy atom. The third kappa shape index (κ3) is 5.50. The zero-order valence-corrected chi connectivity index (χ0v) is 15.2. The van der Waals surface area contributed by atoms with Crippen molar-refractivity contribution in [3.63, 3.8) is 0 Å². The molecule has 0 aliphatic rings. The molecular formula is C20H27N3O2. The summed E-state index contributed by atoms with van der Waals surface area (Å²) >= 11 is 0. The number of methoxy groups -OCH3 is 1. The zero-order chi connectivity index (χ0) is 18.1. The van der Waals surface area contributed by atoms with Gasteiger partial charge in [0.05, 0.1) is 18.4 Å². The molecule has 0 heterocycles. The first-order valence-corrected chi connectivity index (χ1v) is 8.68. The van der Waals surface area contributed by atoms with Gasteiger partial charge in [0, 0.05) is 18.8 Å². The minimum absolute atomic E-state index is 0.0660. The molecule has 0 aliphatic heterocycles. The maximum absolute atomic E-state index is 12.5. The molecule has 2 aromatic carbocycles. The lowest BCUT2D eigenvalue weighted by Gasteiger charge is -2.18. The molecule has 134 valence electrons. The predicted molar refractivity (Wildman–Crippen MR) is 103 cm³/mol. The summed E-state index contributed by atoms with van der Waals surface area (Å²) in [6.07, 6.45) is 0. The smallest absolute Gasteiger partial charge is 0.253 e. The fourth-order valence-electron chi connectivity index (χ4n) is 2.58. The van der Waals surface area contributed by atoms with Crippen LogP contribution in [-0.2, 0) is 0 Å². The van der Waals surface area contributed by atoms with Gasteiger partial charge in [-0.25, -0.2) is 0 Å². The Bertz CT molecular complexity index is 667. The zero-order valence-electron chi connectivity index (χ0n) is 15.2. The van der Waals surface area contributed by atoms with Gasteiger partial charge < -0.3 is 20.3 Å². The van der Waals surface area contributed by atoms with Gasteiger partial charge in [-0.2, -0.15) is 0 Å². The molecule has 0 saturated carbocycles. The topological polar surface area (TPSA) is 53.6 Å².